The number of ether oxygens (including phenoxy) is 1. The van der Waals surface area contributed by atoms with Gasteiger partial charge in [-0.1, -0.05) is 18.2 Å². The number of carbonyl (C=O) groups excluding carboxylic acids is 4. The van der Waals surface area contributed by atoms with Gasteiger partial charge in [0.25, 0.3) is 5.91 Å². The van der Waals surface area contributed by atoms with Crippen LogP contribution in [0.4, 0.5) is 16.2 Å². The number of amides is 4. The summed E-state index contributed by atoms with van der Waals surface area (Å²) in [5.41, 5.74) is 2.92. The van der Waals surface area contributed by atoms with Crippen LogP contribution < -0.4 is 10.2 Å². The molecule has 0 bridgehead atoms. The standard InChI is InChI=1S/C27H26N4O5/c1-3-36-26(34)20-9-11-21(12-10-20)29-24(32)15-23-25(33)31(22-8-4-6-18(2)14-22)27(35)30(23)17-19-7-5-13-28-16-19/h4-14,16,23H,3,15,17H2,1-2H3,(H,29,32)/t23-/m0/s1. The van der Waals surface area contributed by atoms with Gasteiger partial charge in [0.15, 0.2) is 0 Å². The van der Waals surface area contributed by atoms with Gasteiger partial charge in [-0.25, -0.2) is 14.5 Å². The van der Waals surface area contributed by atoms with Gasteiger partial charge in [0.1, 0.15) is 6.04 Å². The highest BCUT2D eigenvalue weighted by molar-refractivity contribution is 6.22. The van der Waals surface area contributed by atoms with Crippen LogP contribution >= 0.6 is 0 Å². The number of esters is 1. The van der Waals surface area contributed by atoms with E-state index in [-0.39, 0.29) is 19.6 Å². The molecule has 0 radical (unpaired) electrons. The summed E-state index contributed by atoms with van der Waals surface area (Å²) in [4.78, 5) is 58.1. The smallest absolute Gasteiger partial charge is 0.338 e. The molecule has 2 heterocycles. The number of nitrogens with one attached hydrogen (secondary N) is 1. The number of pyridine rings is 1. The van der Waals surface area contributed by atoms with Gasteiger partial charge in [-0.05, 0) is 67.4 Å². The molecule has 184 valence electrons. The number of anilines is 2. The van der Waals surface area contributed by atoms with E-state index in [1.165, 1.54) is 4.90 Å². The molecular weight excluding hydrogens is 460 g/mol. The van der Waals surface area contributed by atoms with Crippen molar-refractivity contribution in [2.45, 2.75) is 32.9 Å². The van der Waals surface area contributed by atoms with Gasteiger partial charge in [0.05, 0.1) is 24.3 Å². The molecule has 1 aromatic heterocycles. The second-order valence-electron chi connectivity index (χ2n) is 8.35. The van der Waals surface area contributed by atoms with Crippen LogP contribution in [0.5, 0.6) is 0 Å². The first-order valence-corrected chi connectivity index (χ1v) is 11.5. The van der Waals surface area contributed by atoms with Gasteiger partial charge >= 0.3 is 12.0 Å². The Morgan fingerprint density at radius 2 is 1.83 bits per heavy atom. The zero-order chi connectivity index (χ0) is 25.7. The van der Waals surface area contributed by atoms with Crippen LogP contribution in [0, 0.1) is 6.92 Å². The van der Waals surface area contributed by atoms with Crippen molar-refractivity contribution in [3.63, 3.8) is 0 Å². The lowest BCUT2D eigenvalue weighted by atomic mass is 10.1. The summed E-state index contributed by atoms with van der Waals surface area (Å²) in [5.74, 6) is -1.36. The molecule has 1 aliphatic rings. The van der Waals surface area contributed by atoms with E-state index in [0.29, 0.717) is 16.9 Å². The molecule has 0 unspecified atom stereocenters. The number of aromatic nitrogens is 1. The van der Waals surface area contributed by atoms with Gasteiger partial charge in [0.2, 0.25) is 5.91 Å². The molecule has 4 rings (SSSR count). The average Bonchev–Trinajstić information content (AvgIpc) is 3.09. The first-order valence-electron chi connectivity index (χ1n) is 11.5. The minimum Gasteiger partial charge on any atom is -0.462 e. The number of hydrogen-bond acceptors (Lipinski definition) is 6. The van der Waals surface area contributed by atoms with Crippen molar-refractivity contribution in [2.24, 2.45) is 0 Å². The van der Waals surface area contributed by atoms with Crippen LogP contribution in [-0.2, 0) is 20.9 Å². The molecular formula is C27H26N4O5. The summed E-state index contributed by atoms with van der Waals surface area (Å²) in [5, 5.41) is 2.74. The number of nitrogens with zero attached hydrogens (tertiary/aromatic N) is 3. The number of rotatable bonds is 8. The first kappa shape index (κ1) is 24.6. The second-order valence-corrected chi connectivity index (χ2v) is 8.35. The third kappa shape index (κ3) is 5.41. The molecule has 1 aliphatic heterocycles. The molecule has 9 heteroatoms. The lowest BCUT2D eigenvalue weighted by molar-refractivity contribution is -0.124. The summed E-state index contributed by atoms with van der Waals surface area (Å²) in [6.45, 7) is 3.99. The topological polar surface area (TPSA) is 109 Å². The van der Waals surface area contributed by atoms with Crippen molar-refractivity contribution in [1.29, 1.82) is 0 Å². The van der Waals surface area contributed by atoms with Gasteiger partial charge in [-0.15, -0.1) is 0 Å². The summed E-state index contributed by atoms with van der Waals surface area (Å²) >= 11 is 0. The predicted molar refractivity (Wildman–Crippen MR) is 133 cm³/mol. The SMILES string of the molecule is CCOC(=O)c1ccc(NC(=O)C[C@H]2C(=O)N(c3cccc(C)c3)C(=O)N2Cc2cccnc2)cc1. The summed E-state index contributed by atoms with van der Waals surface area (Å²) in [6, 6.07) is 15.4. The van der Waals surface area contributed by atoms with Crippen molar-refractivity contribution >= 4 is 35.2 Å². The Bertz CT molecular complexity index is 1280. The Labute approximate surface area is 208 Å². The quantitative estimate of drug-likeness (QED) is 0.382. The zero-order valence-corrected chi connectivity index (χ0v) is 20.0. The Morgan fingerprint density at radius 3 is 2.50 bits per heavy atom. The van der Waals surface area contributed by atoms with E-state index in [1.807, 2.05) is 19.1 Å². The van der Waals surface area contributed by atoms with Crippen molar-refractivity contribution < 1.29 is 23.9 Å². The van der Waals surface area contributed by atoms with E-state index in [0.717, 1.165) is 16.0 Å². The average molecular weight is 487 g/mol. The molecule has 36 heavy (non-hydrogen) atoms. The van der Waals surface area contributed by atoms with Crippen LogP contribution in [0.2, 0.25) is 0 Å². The van der Waals surface area contributed by atoms with E-state index in [4.69, 9.17) is 4.74 Å². The normalized spacial score (nSPS) is 15.2. The van der Waals surface area contributed by atoms with Crippen molar-refractivity contribution in [3.05, 3.63) is 89.7 Å². The number of imide groups is 1. The molecule has 1 saturated heterocycles. The number of hydrogen-bond donors (Lipinski definition) is 1. The van der Waals surface area contributed by atoms with Gasteiger partial charge < -0.3 is 15.0 Å². The molecule has 0 saturated carbocycles. The van der Waals surface area contributed by atoms with Crippen LogP contribution in [0.1, 0.15) is 34.8 Å². The minimum absolute atomic E-state index is 0.132. The van der Waals surface area contributed by atoms with Crippen molar-refractivity contribution in [1.82, 2.24) is 9.88 Å². The summed E-state index contributed by atoms with van der Waals surface area (Å²) in [6.07, 6.45) is 3.01. The third-order valence-corrected chi connectivity index (χ3v) is 5.71. The number of aryl methyl sites for hydroxylation is 1. The largest absolute Gasteiger partial charge is 0.462 e. The van der Waals surface area contributed by atoms with E-state index in [2.05, 4.69) is 10.3 Å². The lowest BCUT2D eigenvalue weighted by Crippen LogP contribution is -2.37. The molecule has 3 aromatic rings. The highest BCUT2D eigenvalue weighted by atomic mass is 16.5. The molecule has 1 N–H and O–H groups in total. The molecule has 9 nitrogen and oxygen atoms in total. The maximum atomic E-state index is 13.4. The fourth-order valence-electron chi connectivity index (χ4n) is 4.00. The monoisotopic (exact) mass is 486 g/mol. The highest BCUT2D eigenvalue weighted by Gasteiger charge is 2.46. The highest BCUT2D eigenvalue weighted by Crippen LogP contribution is 2.29. The van der Waals surface area contributed by atoms with Crippen LogP contribution in [0.3, 0.4) is 0 Å². The molecule has 1 fully saturated rings. The summed E-state index contributed by atoms with van der Waals surface area (Å²) < 4.78 is 4.96. The number of urea groups is 1. The van der Waals surface area contributed by atoms with Gasteiger partial charge in [-0.2, -0.15) is 0 Å². The fraction of sp³-hybridized carbons (Fsp3) is 0.222. The lowest BCUT2D eigenvalue weighted by Gasteiger charge is -2.21. The van der Waals surface area contributed by atoms with E-state index < -0.39 is 29.9 Å². The summed E-state index contributed by atoms with van der Waals surface area (Å²) in [7, 11) is 0. The Kier molecular flexibility index (Phi) is 7.39. The third-order valence-electron chi connectivity index (χ3n) is 5.71. The number of carbonyl (C=O) groups is 4. The van der Waals surface area contributed by atoms with E-state index in [1.54, 1.807) is 67.8 Å². The van der Waals surface area contributed by atoms with Crippen LogP contribution in [0.25, 0.3) is 0 Å². The van der Waals surface area contributed by atoms with Crippen LogP contribution in [0.15, 0.2) is 73.1 Å². The fourth-order valence-corrected chi connectivity index (χ4v) is 4.00. The maximum Gasteiger partial charge on any atom is 0.338 e. The van der Waals surface area contributed by atoms with Crippen molar-refractivity contribution in [3.8, 4) is 0 Å². The maximum absolute atomic E-state index is 13.4. The molecule has 2 aromatic carbocycles. The Morgan fingerprint density at radius 1 is 1.06 bits per heavy atom. The van der Waals surface area contributed by atoms with Crippen LogP contribution in [-0.4, -0.2) is 46.3 Å². The second kappa shape index (κ2) is 10.8. The van der Waals surface area contributed by atoms with E-state index >= 15 is 0 Å². The van der Waals surface area contributed by atoms with Gasteiger partial charge in [-0.3, -0.25) is 14.6 Å². The Hall–Kier alpha value is -4.53. The predicted octanol–water partition coefficient (Wildman–Crippen LogP) is 3.93. The molecule has 0 aliphatic carbocycles. The number of benzene rings is 2. The molecule has 1 atom stereocenters. The molecule has 0 spiro atoms. The van der Waals surface area contributed by atoms with Gasteiger partial charge in [0, 0.05) is 24.6 Å². The Balaban J connectivity index is 1.54. The van der Waals surface area contributed by atoms with Crippen molar-refractivity contribution in [2.75, 3.05) is 16.8 Å². The minimum atomic E-state index is -0.989. The first-order chi connectivity index (χ1) is 17.4. The zero-order valence-electron chi connectivity index (χ0n) is 20.0. The molecule has 4 amide bonds. The van der Waals surface area contributed by atoms with E-state index in [9.17, 15) is 19.2 Å².